The molecular weight excluding hydrogens is 464 g/mol. The number of halogens is 1. The molecule has 9 heteroatoms. The molecule has 3 aromatic carbocycles. The second-order valence-electron chi connectivity index (χ2n) is 7.20. The number of carbonyl (C=O) groups is 1. The second kappa shape index (κ2) is 10.6. The Morgan fingerprint density at radius 2 is 1.67 bits per heavy atom. The fraction of sp³-hybridized carbons (Fsp3) is 0.208. The number of nitrogens with zero attached hydrogens (tertiary/aromatic N) is 1. The minimum atomic E-state index is -4.02. The monoisotopic (exact) mass is 488 g/mol. The lowest BCUT2D eigenvalue weighted by Crippen LogP contribution is -2.41. The van der Waals surface area contributed by atoms with Crippen LogP contribution < -0.4 is 19.1 Å². The fourth-order valence-electron chi connectivity index (χ4n) is 3.32. The van der Waals surface area contributed by atoms with Gasteiger partial charge in [-0.3, -0.25) is 9.10 Å². The summed E-state index contributed by atoms with van der Waals surface area (Å²) in [6.45, 7) is 1.38. The van der Waals surface area contributed by atoms with Gasteiger partial charge in [-0.15, -0.1) is 0 Å². The molecule has 0 unspecified atom stereocenters. The van der Waals surface area contributed by atoms with Crippen LogP contribution in [-0.4, -0.2) is 35.1 Å². The highest BCUT2D eigenvalue weighted by atomic mass is 35.5. The summed E-state index contributed by atoms with van der Waals surface area (Å²) in [7, 11) is -0.934. The lowest BCUT2D eigenvalue weighted by molar-refractivity contribution is -0.120. The number of methoxy groups -OCH3 is 2. The number of para-hydroxylation sites is 1. The number of carbonyl (C=O) groups excluding carboxylic acids is 1. The van der Waals surface area contributed by atoms with E-state index in [2.05, 4.69) is 5.32 Å². The molecule has 1 amide bonds. The molecule has 0 radical (unpaired) electrons. The van der Waals surface area contributed by atoms with E-state index in [0.29, 0.717) is 27.8 Å². The molecule has 1 atom stereocenters. The van der Waals surface area contributed by atoms with E-state index in [0.717, 1.165) is 4.31 Å². The lowest BCUT2D eigenvalue weighted by Gasteiger charge is -2.25. The van der Waals surface area contributed by atoms with Gasteiger partial charge in [0, 0.05) is 10.6 Å². The van der Waals surface area contributed by atoms with Crippen LogP contribution in [-0.2, 0) is 14.8 Å². The zero-order chi connectivity index (χ0) is 24.0. The molecule has 0 aliphatic heterocycles. The Balaban J connectivity index is 1.88. The predicted octanol–water partition coefficient (Wildman–Crippen LogP) is 4.43. The van der Waals surface area contributed by atoms with Gasteiger partial charge in [0.2, 0.25) is 5.91 Å². The molecule has 0 spiro atoms. The van der Waals surface area contributed by atoms with E-state index in [1.807, 2.05) is 0 Å². The SMILES string of the molecule is COc1ccc(OC)c([C@@H](C)NC(=O)CN(c2ccccc2)S(=O)(=O)c2ccc(Cl)cc2)c1. The number of benzene rings is 3. The number of anilines is 1. The van der Waals surface area contributed by atoms with Crippen LogP contribution in [0.2, 0.25) is 5.02 Å². The van der Waals surface area contributed by atoms with Crippen molar-refractivity contribution in [1.29, 1.82) is 0 Å². The molecule has 0 aromatic heterocycles. The predicted molar refractivity (Wildman–Crippen MR) is 129 cm³/mol. The van der Waals surface area contributed by atoms with Crippen LogP contribution in [0.4, 0.5) is 5.69 Å². The number of amides is 1. The Bertz CT molecular complexity index is 1200. The normalized spacial score (nSPS) is 12.0. The van der Waals surface area contributed by atoms with Crippen molar-refractivity contribution < 1.29 is 22.7 Å². The van der Waals surface area contributed by atoms with Crippen LogP contribution in [0.5, 0.6) is 11.5 Å². The Hall–Kier alpha value is -3.23. The highest BCUT2D eigenvalue weighted by Crippen LogP contribution is 2.29. The molecule has 33 heavy (non-hydrogen) atoms. The van der Waals surface area contributed by atoms with Gasteiger partial charge in [-0.2, -0.15) is 0 Å². The zero-order valence-electron chi connectivity index (χ0n) is 18.5. The van der Waals surface area contributed by atoms with Gasteiger partial charge in [-0.25, -0.2) is 8.42 Å². The Morgan fingerprint density at radius 1 is 1.00 bits per heavy atom. The average molecular weight is 489 g/mol. The van der Waals surface area contributed by atoms with E-state index in [1.54, 1.807) is 62.6 Å². The minimum Gasteiger partial charge on any atom is -0.497 e. The topological polar surface area (TPSA) is 84.9 Å². The maximum atomic E-state index is 13.4. The molecule has 174 valence electrons. The van der Waals surface area contributed by atoms with Gasteiger partial charge in [0.25, 0.3) is 10.0 Å². The largest absolute Gasteiger partial charge is 0.497 e. The second-order valence-corrected chi connectivity index (χ2v) is 9.50. The maximum Gasteiger partial charge on any atom is 0.264 e. The summed E-state index contributed by atoms with van der Waals surface area (Å²) in [5, 5.41) is 3.27. The molecule has 0 aliphatic rings. The van der Waals surface area contributed by atoms with Crippen molar-refractivity contribution in [3.63, 3.8) is 0 Å². The standard InChI is InChI=1S/C24H25ClN2O5S/c1-17(22-15-20(31-2)11-14-23(22)32-3)26-24(28)16-27(19-7-5-4-6-8-19)33(29,30)21-12-9-18(25)10-13-21/h4-15,17H,16H2,1-3H3,(H,26,28)/t17-/m1/s1. The average Bonchev–Trinajstić information content (AvgIpc) is 2.82. The number of rotatable bonds is 9. The summed E-state index contributed by atoms with van der Waals surface area (Å²) >= 11 is 5.91. The molecule has 0 fully saturated rings. The molecule has 0 saturated carbocycles. The van der Waals surface area contributed by atoms with Crippen LogP contribution in [0.1, 0.15) is 18.5 Å². The van der Waals surface area contributed by atoms with E-state index in [1.165, 1.54) is 31.4 Å². The first-order valence-corrected chi connectivity index (χ1v) is 11.9. The summed E-state index contributed by atoms with van der Waals surface area (Å²) < 4.78 is 38.5. The van der Waals surface area contributed by atoms with E-state index in [9.17, 15) is 13.2 Å². The first kappa shape index (κ1) is 24.4. The Labute approximate surface area is 198 Å². The summed E-state index contributed by atoms with van der Waals surface area (Å²) in [6.07, 6.45) is 0. The Morgan fingerprint density at radius 3 is 2.27 bits per heavy atom. The van der Waals surface area contributed by atoms with Gasteiger partial charge in [-0.1, -0.05) is 29.8 Å². The highest BCUT2D eigenvalue weighted by molar-refractivity contribution is 7.92. The van der Waals surface area contributed by atoms with Crippen molar-refractivity contribution in [1.82, 2.24) is 5.32 Å². The van der Waals surface area contributed by atoms with Crippen molar-refractivity contribution in [2.24, 2.45) is 0 Å². The minimum absolute atomic E-state index is 0.0334. The van der Waals surface area contributed by atoms with Crippen LogP contribution in [0, 0.1) is 0 Å². The molecule has 7 nitrogen and oxygen atoms in total. The number of sulfonamides is 1. The quantitative estimate of drug-likeness (QED) is 0.481. The van der Waals surface area contributed by atoms with Gasteiger partial charge in [0.05, 0.1) is 30.8 Å². The first-order valence-electron chi connectivity index (χ1n) is 10.1. The summed E-state index contributed by atoms with van der Waals surface area (Å²) in [5.41, 5.74) is 1.08. The number of hydrogen-bond donors (Lipinski definition) is 1. The smallest absolute Gasteiger partial charge is 0.264 e. The van der Waals surface area contributed by atoms with E-state index >= 15 is 0 Å². The maximum absolute atomic E-state index is 13.4. The van der Waals surface area contributed by atoms with Crippen molar-refractivity contribution in [3.8, 4) is 11.5 Å². The Kier molecular flexibility index (Phi) is 7.84. The molecule has 0 bridgehead atoms. The molecule has 0 saturated heterocycles. The van der Waals surface area contributed by atoms with Gasteiger partial charge in [0.1, 0.15) is 18.0 Å². The van der Waals surface area contributed by atoms with Crippen LogP contribution >= 0.6 is 11.6 Å². The number of hydrogen-bond acceptors (Lipinski definition) is 5. The van der Waals surface area contributed by atoms with Gasteiger partial charge in [0.15, 0.2) is 0 Å². The van der Waals surface area contributed by atoms with Crippen molar-refractivity contribution in [3.05, 3.63) is 83.4 Å². The van der Waals surface area contributed by atoms with Crippen molar-refractivity contribution in [2.75, 3.05) is 25.1 Å². The molecule has 1 N–H and O–H groups in total. The van der Waals surface area contributed by atoms with E-state index < -0.39 is 28.5 Å². The van der Waals surface area contributed by atoms with Gasteiger partial charge >= 0.3 is 0 Å². The van der Waals surface area contributed by atoms with Crippen LogP contribution in [0.15, 0.2) is 77.7 Å². The number of nitrogens with one attached hydrogen (secondary N) is 1. The summed E-state index contributed by atoms with van der Waals surface area (Å²) in [4.78, 5) is 13.0. The van der Waals surface area contributed by atoms with Crippen molar-refractivity contribution >= 4 is 33.2 Å². The van der Waals surface area contributed by atoms with E-state index in [4.69, 9.17) is 21.1 Å². The third-order valence-corrected chi connectivity index (χ3v) is 7.05. The molecule has 3 rings (SSSR count). The zero-order valence-corrected chi connectivity index (χ0v) is 20.1. The molecule has 3 aromatic rings. The molecule has 0 aliphatic carbocycles. The summed E-state index contributed by atoms with van der Waals surface area (Å²) in [6, 6.07) is 19.1. The number of ether oxygens (including phenoxy) is 2. The summed E-state index contributed by atoms with van der Waals surface area (Å²) in [5.74, 6) is 0.717. The van der Waals surface area contributed by atoms with Gasteiger partial charge in [-0.05, 0) is 61.5 Å². The van der Waals surface area contributed by atoms with E-state index in [-0.39, 0.29) is 4.90 Å². The van der Waals surface area contributed by atoms with Crippen LogP contribution in [0.3, 0.4) is 0 Å². The molecule has 0 heterocycles. The third-order valence-electron chi connectivity index (χ3n) is 5.01. The fourth-order valence-corrected chi connectivity index (χ4v) is 4.86. The van der Waals surface area contributed by atoms with Gasteiger partial charge < -0.3 is 14.8 Å². The highest BCUT2D eigenvalue weighted by Gasteiger charge is 2.28. The molecular formula is C24H25ClN2O5S. The third kappa shape index (κ3) is 5.77. The lowest BCUT2D eigenvalue weighted by atomic mass is 10.1. The first-order chi connectivity index (χ1) is 15.8. The van der Waals surface area contributed by atoms with Crippen molar-refractivity contribution in [2.45, 2.75) is 17.9 Å². The van der Waals surface area contributed by atoms with Crippen LogP contribution in [0.25, 0.3) is 0 Å².